The average molecular weight is 170 g/mol. The smallest absolute Gasteiger partial charge is 0.0572 e. The van der Waals surface area contributed by atoms with Gasteiger partial charge in [-0.25, -0.2) is 0 Å². The van der Waals surface area contributed by atoms with E-state index in [-0.39, 0.29) is 12.0 Å². The van der Waals surface area contributed by atoms with Crippen molar-refractivity contribution in [1.82, 2.24) is 0 Å². The summed E-state index contributed by atoms with van der Waals surface area (Å²) in [6, 6.07) is 0. The van der Waals surface area contributed by atoms with E-state index in [4.69, 9.17) is 0 Å². The van der Waals surface area contributed by atoms with Gasteiger partial charge in [-0.2, -0.15) is 0 Å². The summed E-state index contributed by atoms with van der Waals surface area (Å²) in [7, 11) is 0. The molecule has 1 heteroatoms. The minimum atomic E-state index is -0.222. The normalized spacial score (nSPS) is 17.2. The number of aliphatic hydroxyl groups excluding tert-OH is 1. The molecule has 0 bridgehead atoms. The molecule has 2 atom stereocenters. The van der Waals surface area contributed by atoms with Crippen LogP contribution in [-0.4, -0.2) is 11.2 Å². The Morgan fingerprint density at radius 1 is 1.17 bits per heavy atom. The van der Waals surface area contributed by atoms with Crippen molar-refractivity contribution < 1.29 is 5.11 Å². The lowest BCUT2D eigenvalue weighted by Gasteiger charge is -2.08. The molecule has 0 saturated carbocycles. The summed E-state index contributed by atoms with van der Waals surface area (Å²) in [5, 5.41) is 9.18. The van der Waals surface area contributed by atoms with E-state index in [1.165, 1.54) is 6.42 Å². The fraction of sp³-hybridized carbons (Fsp3) is 0.818. The molecule has 1 N–H and O–H groups in total. The number of aliphatic hydroxyl groups is 1. The number of hydrogen-bond donors (Lipinski definition) is 1. The molecule has 0 unspecified atom stereocenters. The van der Waals surface area contributed by atoms with Crippen molar-refractivity contribution in [3.63, 3.8) is 0 Å². The largest absolute Gasteiger partial charge is 0.393 e. The van der Waals surface area contributed by atoms with Gasteiger partial charge in [0.25, 0.3) is 0 Å². The molecular weight excluding hydrogens is 148 g/mol. The van der Waals surface area contributed by atoms with Crippen molar-refractivity contribution in [2.75, 3.05) is 0 Å². The molecule has 12 heavy (non-hydrogen) atoms. The Morgan fingerprint density at radius 2 is 1.75 bits per heavy atom. The fourth-order valence-electron chi connectivity index (χ4n) is 0.901. The lowest BCUT2D eigenvalue weighted by molar-refractivity contribution is 0.157. The van der Waals surface area contributed by atoms with Crippen molar-refractivity contribution in [3.05, 3.63) is 12.2 Å². The first kappa shape index (κ1) is 11.7. The van der Waals surface area contributed by atoms with Gasteiger partial charge in [0.1, 0.15) is 0 Å². The Bertz CT molecular complexity index is 125. The summed E-state index contributed by atoms with van der Waals surface area (Å²) in [6.45, 7) is 8.33. The standard InChI is InChI=1S/C11H22O/c1-9(2)7-5-6-8-10(3)11(4)12/h6,8-12H,5,7H2,1-4H3/b8-6+/t10-,11-/m0/s1. The minimum absolute atomic E-state index is 0.222. The second-order valence-electron chi connectivity index (χ2n) is 4.00. The lowest BCUT2D eigenvalue weighted by atomic mass is 10.0. The van der Waals surface area contributed by atoms with E-state index in [1.807, 2.05) is 13.8 Å². The molecule has 0 heterocycles. The van der Waals surface area contributed by atoms with Gasteiger partial charge in [-0.05, 0) is 31.6 Å². The molecule has 0 radical (unpaired) electrons. The highest BCUT2D eigenvalue weighted by Crippen LogP contribution is 2.08. The van der Waals surface area contributed by atoms with Crippen LogP contribution in [0.15, 0.2) is 12.2 Å². The topological polar surface area (TPSA) is 20.2 Å². The zero-order chi connectivity index (χ0) is 9.56. The zero-order valence-electron chi connectivity index (χ0n) is 8.75. The minimum Gasteiger partial charge on any atom is -0.393 e. The molecule has 0 amide bonds. The molecular formula is C11H22O. The van der Waals surface area contributed by atoms with Crippen LogP contribution in [0.1, 0.15) is 40.5 Å². The third-order valence-corrected chi connectivity index (χ3v) is 2.11. The van der Waals surface area contributed by atoms with Crippen LogP contribution < -0.4 is 0 Å². The fourth-order valence-corrected chi connectivity index (χ4v) is 0.901. The van der Waals surface area contributed by atoms with E-state index in [0.717, 1.165) is 12.3 Å². The van der Waals surface area contributed by atoms with E-state index >= 15 is 0 Å². The van der Waals surface area contributed by atoms with Crippen molar-refractivity contribution in [3.8, 4) is 0 Å². The van der Waals surface area contributed by atoms with Gasteiger partial charge in [-0.3, -0.25) is 0 Å². The molecule has 0 aromatic rings. The van der Waals surface area contributed by atoms with E-state index < -0.39 is 0 Å². The van der Waals surface area contributed by atoms with Gasteiger partial charge < -0.3 is 5.11 Å². The van der Waals surface area contributed by atoms with Gasteiger partial charge in [0.2, 0.25) is 0 Å². The van der Waals surface area contributed by atoms with Crippen molar-refractivity contribution in [2.45, 2.75) is 46.6 Å². The van der Waals surface area contributed by atoms with Crippen LogP contribution in [0.4, 0.5) is 0 Å². The predicted octanol–water partition coefficient (Wildman–Crippen LogP) is 3.00. The van der Waals surface area contributed by atoms with Gasteiger partial charge in [-0.1, -0.05) is 32.9 Å². The van der Waals surface area contributed by atoms with Crippen molar-refractivity contribution >= 4 is 0 Å². The molecule has 0 aliphatic rings. The monoisotopic (exact) mass is 170 g/mol. The maximum atomic E-state index is 9.18. The second-order valence-corrected chi connectivity index (χ2v) is 4.00. The first-order valence-corrected chi connectivity index (χ1v) is 4.88. The second kappa shape index (κ2) is 6.24. The maximum Gasteiger partial charge on any atom is 0.0572 e. The van der Waals surface area contributed by atoms with Gasteiger partial charge in [0, 0.05) is 0 Å². The summed E-state index contributed by atoms with van der Waals surface area (Å²) in [5.41, 5.74) is 0. The van der Waals surface area contributed by atoms with E-state index in [9.17, 15) is 5.11 Å². The summed E-state index contributed by atoms with van der Waals surface area (Å²) in [5.74, 6) is 1.06. The SMILES string of the molecule is CC(C)CC/C=C/[C@H](C)[C@H](C)O. The van der Waals surface area contributed by atoms with Crippen LogP contribution in [0, 0.1) is 11.8 Å². The van der Waals surface area contributed by atoms with Gasteiger partial charge in [-0.15, -0.1) is 0 Å². The van der Waals surface area contributed by atoms with Crippen molar-refractivity contribution in [1.29, 1.82) is 0 Å². The summed E-state index contributed by atoms with van der Waals surface area (Å²) >= 11 is 0. The number of hydrogen-bond acceptors (Lipinski definition) is 1. The quantitative estimate of drug-likeness (QED) is 0.629. The molecule has 72 valence electrons. The molecule has 0 fully saturated rings. The Kier molecular flexibility index (Phi) is 6.09. The predicted molar refractivity (Wildman–Crippen MR) is 54.1 cm³/mol. The molecule has 0 aliphatic heterocycles. The number of allylic oxidation sites excluding steroid dienone is 1. The molecule has 0 aliphatic carbocycles. The van der Waals surface area contributed by atoms with Gasteiger partial charge in [0.15, 0.2) is 0 Å². The molecule has 0 saturated heterocycles. The molecule has 1 nitrogen and oxygen atoms in total. The molecule has 0 rings (SSSR count). The Balaban J connectivity index is 3.48. The van der Waals surface area contributed by atoms with Crippen LogP contribution in [0.3, 0.4) is 0 Å². The van der Waals surface area contributed by atoms with Crippen LogP contribution in [0.25, 0.3) is 0 Å². The first-order valence-electron chi connectivity index (χ1n) is 4.88. The Hall–Kier alpha value is -0.300. The van der Waals surface area contributed by atoms with Crippen LogP contribution in [0.2, 0.25) is 0 Å². The maximum absolute atomic E-state index is 9.18. The summed E-state index contributed by atoms with van der Waals surface area (Å²) < 4.78 is 0. The van der Waals surface area contributed by atoms with E-state index in [0.29, 0.717) is 0 Å². The highest BCUT2D eigenvalue weighted by molar-refractivity contribution is 4.88. The third-order valence-electron chi connectivity index (χ3n) is 2.11. The first-order chi connectivity index (χ1) is 5.54. The summed E-state index contributed by atoms with van der Waals surface area (Å²) in [6.07, 6.45) is 6.43. The van der Waals surface area contributed by atoms with Crippen LogP contribution in [-0.2, 0) is 0 Å². The average Bonchev–Trinajstić information content (AvgIpc) is 1.97. The molecule has 0 aromatic heterocycles. The summed E-state index contributed by atoms with van der Waals surface area (Å²) in [4.78, 5) is 0. The molecule has 0 aromatic carbocycles. The van der Waals surface area contributed by atoms with Crippen LogP contribution >= 0.6 is 0 Å². The van der Waals surface area contributed by atoms with Crippen molar-refractivity contribution in [2.24, 2.45) is 11.8 Å². The zero-order valence-corrected chi connectivity index (χ0v) is 8.75. The van der Waals surface area contributed by atoms with Gasteiger partial charge >= 0.3 is 0 Å². The van der Waals surface area contributed by atoms with E-state index in [1.54, 1.807) is 0 Å². The third kappa shape index (κ3) is 6.41. The molecule has 0 spiro atoms. The Morgan fingerprint density at radius 3 is 2.17 bits per heavy atom. The highest BCUT2D eigenvalue weighted by atomic mass is 16.3. The highest BCUT2D eigenvalue weighted by Gasteiger charge is 2.02. The number of rotatable bonds is 5. The van der Waals surface area contributed by atoms with Crippen LogP contribution in [0.5, 0.6) is 0 Å². The lowest BCUT2D eigenvalue weighted by Crippen LogP contribution is -2.09. The Labute approximate surface area is 76.5 Å². The van der Waals surface area contributed by atoms with Gasteiger partial charge in [0.05, 0.1) is 6.10 Å². The van der Waals surface area contributed by atoms with E-state index in [2.05, 4.69) is 26.0 Å².